The molecule has 0 saturated carbocycles. The topological polar surface area (TPSA) is 55.5 Å². The second kappa shape index (κ2) is 5.99. The molecule has 3 nitrogen and oxygen atoms in total. The highest BCUT2D eigenvalue weighted by molar-refractivity contribution is 4.93. The maximum Gasteiger partial charge on any atom is 0.0603 e. The zero-order valence-electron chi connectivity index (χ0n) is 10.9. The normalized spacial score (nSPS) is 33.0. The summed E-state index contributed by atoms with van der Waals surface area (Å²) in [4.78, 5) is 0. The first-order chi connectivity index (χ1) is 7.55. The summed E-state index contributed by atoms with van der Waals surface area (Å²) in [7, 11) is 0. The van der Waals surface area contributed by atoms with Crippen molar-refractivity contribution in [3.8, 4) is 0 Å². The van der Waals surface area contributed by atoms with Crippen LogP contribution in [0.2, 0.25) is 0 Å². The summed E-state index contributed by atoms with van der Waals surface area (Å²) < 4.78 is 5.80. The Kier molecular flexibility index (Phi) is 5.22. The highest BCUT2D eigenvalue weighted by Crippen LogP contribution is 2.41. The van der Waals surface area contributed by atoms with Gasteiger partial charge in [0.25, 0.3) is 0 Å². The molecule has 3 heteroatoms. The quantitative estimate of drug-likeness (QED) is 0.757. The molecule has 1 heterocycles. The fourth-order valence-electron chi connectivity index (χ4n) is 2.81. The van der Waals surface area contributed by atoms with Crippen LogP contribution in [0.5, 0.6) is 0 Å². The molecule has 1 aliphatic rings. The van der Waals surface area contributed by atoms with Crippen molar-refractivity contribution >= 4 is 0 Å². The van der Waals surface area contributed by atoms with Crippen LogP contribution in [0, 0.1) is 11.3 Å². The van der Waals surface area contributed by atoms with Crippen LogP contribution >= 0.6 is 0 Å². The van der Waals surface area contributed by atoms with E-state index in [2.05, 4.69) is 20.8 Å². The molecule has 0 aromatic carbocycles. The van der Waals surface area contributed by atoms with Crippen molar-refractivity contribution in [2.75, 3.05) is 13.2 Å². The van der Waals surface area contributed by atoms with E-state index in [4.69, 9.17) is 10.5 Å². The van der Waals surface area contributed by atoms with Crippen LogP contribution in [0.15, 0.2) is 0 Å². The van der Waals surface area contributed by atoms with Crippen LogP contribution in [0.1, 0.15) is 46.5 Å². The van der Waals surface area contributed by atoms with E-state index in [0.717, 1.165) is 32.3 Å². The highest BCUT2D eigenvalue weighted by atomic mass is 16.5. The van der Waals surface area contributed by atoms with E-state index < -0.39 is 0 Å². The molecule has 96 valence electrons. The van der Waals surface area contributed by atoms with Gasteiger partial charge in [0.05, 0.1) is 6.10 Å². The molecule has 0 bridgehead atoms. The van der Waals surface area contributed by atoms with Gasteiger partial charge in [-0.15, -0.1) is 0 Å². The Bertz CT molecular complexity index is 204. The predicted octanol–water partition coefficient (Wildman–Crippen LogP) is 1.93. The van der Waals surface area contributed by atoms with Crippen LogP contribution in [-0.4, -0.2) is 30.5 Å². The number of aliphatic hydroxyl groups excluding tert-OH is 1. The van der Waals surface area contributed by atoms with Gasteiger partial charge in [-0.1, -0.05) is 20.8 Å². The zero-order valence-corrected chi connectivity index (χ0v) is 10.9. The Balaban J connectivity index is 2.75. The van der Waals surface area contributed by atoms with Crippen LogP contribution in [0.25, 0.3) is 0 Å². The second-order valence-electron chi connectivity index (χ2n) is 5.46. The maximum atomic E-state index is 9.26. The summed E-state index contributed by atoms with van der Waals surface area (Å²) >= 11 is 0. The minimum atomic E-state index is 0.0939. The average Bonchev–Trinajstić information content (AvgIpc) is 2.28. The Morgan fingerprint density at radius 2 is 2.19 bits per heavy atom. The smallest absolute Gasteiger partial charge is 0.0603 e. The Hall–Kier alpha value is -0.120. The van der Waals surface area contributed by atoms with Crippen molar-refractivity contribution in [1.82, 2.24) is 0 Å². The summed E-state index contributed by atoms with van der Waals surface area (Å²) in [5.74, 6) is 0.530. The third-order valence-corrected chi connectivity index (χ3v) is 4.12. The van der Waals surface area contributed by atoms with Gasteiger partial charge in [-0.05, 0) is 37.0 Å². The minimum absolute atomic E-state index is 0.0939. The third kappa shape index (κ3) is 2.96. The van der Waals surface area contributed by atoms with Crippen LogP contribution in [0.3, 0.4) is 0 Å². The SMILES string of the molecule is CCC(N)C1(CCO)CCOC(C(C)C)C1. The van der Waals surface area contributed by atoms with Gasteiger partial charge in [0, 0.05) is 19.3 Å². The van der Waals surface area contributed by atoms with Crippen molar-refractivity contribution < 1.29 is 9.84 Å². The fourth-order valence-corrected chi connectivity index (χ4v) is 2.81. The van der Waals surface area contributed by atoms with E-state index in [1.54, 1.807) is 0 Å². The lowest BCUT2D eigenvalue weighted by Gasteiger charge is -2.45. The van der Waals surface area contributed by atoms with Crippen LogP contribution in [0.4, 0.5) is 0 Å². The Morgan fingerprint density at radius 3 is 2.69 bits per heavy atom. The Labute approximate surface area is 99.4 Å². The molecule has 0 aromatic rings. The summed E-state index contributed by atoms with van der Waals surface area (Å²) in [6, 6.07) is 0.185. The number of rotatable bonds is 5. The lowest BCUT2D eigenvalue weighted by Crippen LogP contribution is -2.49. The van der Waals surface area contributed by atoms with Crippen molar-refractivity contribution in [2.24, 2.45) is 17.1 Å². The lowest BCUT2D eigenvalue weighted by atomic mass is 9.68. The molecule has 0 aromatic heterocycles. The monoisotopic (exact) mass is 229 g/mol. The van der Waals surface area contributed by atoms with E-state index in [1.807, 2.05) is 0 Å². The summed E-state index contributed by atoms with van der Waals surface area (Å²) in [5, 5.41) is 9.26. The number of aliphatic hydroxyl groups is 1. The average molecular weight is 229 g/mol. The number of hydrogen-bond acceptors (Lipinski definition) is 3. The summed E-state index contributed by atoms with van der Waals surface area (Å²) in [6.45, 7) is 7.53. The first-order valence-electron chi connectivity index (χ1n) is 6.53. The first-order valence-corrected chi connectivity index (χ1v) is 6.53. The van der Waals surface area contributed by atoms with E-state index >= 15 is 0 Å². The minimum Gasteiger partial charge on any atom is -0.396 e. The van der Waals surface area contributed by atoms with Gasteiger partial charge >= 0.3 is 0 Å². The fraction of sp³-hybridized carbons (Fsp3) is 1.00. The molecule has 0 spiro atoms. The van der Waals surface area contributed by atoms with Crippen molar-refractivity contribution in [1.29, 1.82) is 0 Å². The molecule has 3 N–H and O–H groups in total. The van der Waals surface area contributed by atoms with Gasteiger partial charge in [-0.3, -0.25) is 0 Å². The first kappa shape index (κ1) is 13.9. The maximum absolute atomic E-state index is 9.26. The molecule has 3 atom stereocenters. The van der Waals surface area contributed by atoms with E-state index in [9.17, 15) is 5.11 Å². The number of hydrogen-bond donors (Lipinski definition) is 2. The van der Waals surface area contributed by atoms with Crippen LogP contribution in [-0.2, 0) is 4.74 Å². The summed E-state index contributed by atoms with van der Waals surface area (Å²) in [6.07, 6.45) is 4.09. The van der Waals surface area contributed by atoms with Crippen molar-refractivity contribution in [3.63, 3.8) is 0 Å². The largest absolute Gasteiger partial charge is 0.396 e. The zero-order chi connectivity index (χ0) is 12.2. The molecule has 1 fully saturated rings. The van der Waals surface area contributed by atoms with Gasteiger partial charge < -0.3 is 15.6 Å². The molecule has 0 aliphatic carbocycles. The van der Waals surface area contributed by atoms with Gasteiger partial charge in [-0.2, -0.15) is 0 Å². The van der Waals surface area contributed by atoms with E-state index in [1.165, 1.54) is 0 Å². The molecule has 16 heavy (non-hydrogen) atoms. The van der Waals surface area contributed by atoms with Gasteiger partial charge in [0.2, 0.25) is 0 Å². The molecule has 1 saturated heterocycles. The molecular formula is C13H27NO2. The van der Waals surface area contributed by atoms with E-state index in [-0.39, 0.29) is 18.1 Å². The Morgan fingerprint density at radius 1 is 1.50 bits per heavy atom. The van der Waals surface area contributed by atoms with E-state index in [0.29, 0.717) is 12.0 Å². The highest BCUT2D eigenvalue weighted by Gasteiger charge is 2.41. The molecule has 0 amide bonds. The van der Waals surface area contributed by atoms with Gasteiger partial charge in [0.1, 0.15) is 0 Å². The molecule has 1 aliphatic heterocycles. The third-order valence-electron chi connectivity index (χ3n) is 4.12. The molecule has 1 rings (SSSR count). The van der Waals surface area contributed by atoms with Gasteiger partial charge in [-0.25, -0.2) is 0 Å². The van der Waals surface area contributed by atoms with Crippen molar-refractivity contribution in [3.05, 3.63) is 0 Å². The lowest BCUT2D eigenvalue weighted by molar-refractivity contribution is -0.0847. The molecule has 0 radical (unpaired) electrons. The number of ether oxygens (including phenoxy) is 1. The number of nitrogens with two attached hydrogens (primary N) is 1. The summed E-state index contributed by atoms with van der Waals surface area (Å²) in [5.41, 5.74) is 6.36. The van der Waals surface area contributed by atoms with Crippen LogP contribution < -0.4 is 5.73 Å². The molecular weight excluding hydrogens is 202 g/mol. The van der Waals surface area contributed by atoms with Crippen molar-refractivity contribution in [2.45, 2.75) is 58.6 Å². The second-order valence-corrected chi connectivity index (χ2v) is 5.46. The standard InChI is InChI=1S/C13H27NO2/c1-4-12(14)13(5-7-15)6-8-16-11(9-13)10(2)3/h10-12,15H,4-9,14H2,1-3H3. The van der Waals surface area contributed by atoms with Gasteiger partial charge in [0.15, 0.2) is 0 Å². The molecule has 3 unspecified atom stereocenters. The predicted molar refractivity (Wildman–Crippen MR) is 66.2 cm³/mol.